The van der Waals surface area contributed by atoms with E-state index >= 15 is 0 Å². The van der Waals surface area contributed by atoms with E-state index in [0.29, 0.717) is 34.9 Å². The number of hydrogen-bond donors (Lipinski definition) is 2. The maximum Gasteiger partial charge on any atom is 0.232 e. The first-order valence-electron chi connectivity index (χ1n) is 14.8. The molecule has 1 atom stereocenters. The fraction of sp³-hybridized carbons (Fsp3) is 0.533. The molecule has 1 saturated carbocycles. The Hall–Kier alpha value is -4.06. The molecular formula is C30H40N8O4. The fourth-order valence-corrected chi connectivity index (χ4v) is 6.40. The van der Waals surface area contributed by atoms with Crippen molar-refractivity contribution in [2.45, 2.75) is 64.5 Å². The molecule has 1 aromatic carbocycles. The third kappa shape index (κ3) is 5.31. The monoisotopic (exact) mass is 576 g/mol. The fourth-order valence-electron chi connectivity index (χ4n) is 6.40. The van der Waals surface area contributed by atoms with E-state index < -0.39 is 0 Å². The van der Waals surface area contributed by atoms with Crippen LogP contribution in [0.3, 0.4) is 0 Å². The number of aliphatic hydroxyl groups is 1. The predicted molar refractivity (Wildman–Crippen MR) is 161 cm³/mol. The normalized spacial score (nSPS) is 17.6. The lowest BCUT2D eigenvalue weighted by Crippen LogP contribution is -2.33. The standard InChI is InChI=1S/C30H40N8O4/c1-19-26-28(37-12-8-11-21(37)17-39)33-30(34-29(26)38(35-19)15-20-9-6-5-7-10-20)32-25-16-36(18-31-25)22-13-23(40-2)27(42-4)24(14-22)41-3/h13-14,16,18,20-21,39H,5-12,15,17H2,1-4H3,(H,32,33,34). The Bertz CT molecular complexity index is 1520. The number of nitrogens with zero attached hydrogens (tertiary/aromatic N) is 7. The van der Waals surface area contributed by atoms with Gasteiger partial charge in [-0.15, -0.1) is 0 Å². The number of hydrogen-bond acceptors (Lipinski definition) is 10. The van der Waals surface area contributed by atoms with Crippen molar-refractivity contribution >= 4 is 28.6 Å². The molecule has 2 aliphatic rings. The van der Waals surface area contributed by atoms with Crippen molar-refractivity contribution in [3.8, 4) is 22.9 Å². The van der Waals surface area contributed by atoms with Gasteiger partial charge >= 0.3 is 0 Å². The van der Waals surface area contributed by atoms with E-state index in [0.717, 1.165) is 54.2 Å². The molecule has 3 aromatic heterocycles. The molecule has 4 aromatic rings. The van der Waals surface area contributed by atoms with Crippen molar-refractivity contribution in [2.75, 3.05) is 44.7 Å². The van der Waals surface area contributed by atoms with Crippen molar-refractivity contribution in [3.63, 3.8) is 0 Å². The number of imidazole rings is 1. The summed E-state index contributed by atoms with van der Waals surface area (Å²) in [6.45, 7) is 3.80. The molecule has 12 heteroatoms. The van der Waals surface area contributed by atoms with Gasteiger partial charge in [0.05, 0.1) is 56.9 Å². The van der Waals surface area contributed by atoms with Crippen LogP contribution >= 0.6 is 0 Å². The summed E-state index contributed by atoms with van der Waals surface area (Å²) in [6.07, 6.45) is 11.8. The SMILES string of the molecule is COc1cc(-n2cnc(Nc3nc(N4CCCC4CO)c4c(C)nn(CC5CCCCC5)c4n3)c2)cc(OC)c1OC. The molecule has 0 spiro atoms. The maximum atomic E-state index is 10.1. The molecule has 2 N–H and O–H groups in total. The van der Waals surface area contributed by atoms with E-state index in [1.54, 1.807) is 27.7 Å². The Morgan fingerprint density at radius 2 is 1.74 bits per heavy atom. The third-order valence-corrected chi connectivity index (χ3v) is 8.53. The highest BCUT2D eigenvalue weighted by atomic mass is 16.5. The molecule has 6 rings (SSSR count). The van der Waals surface area contributed by atoms with Crippen LogP contribution in [-0.2, 0) is 6.54 Å². The maximum absolute atomic E-state index is 10.1. The molecule has 2 fully saturated rings. The molecule has 4 heterocycles. The summed E-state index contributed by atoms with van der Waals surface area (Å²) in [5.41, 5.74) is 2.53. The van der Waals surface area contributed by atoms with Crippen LogP contribution in [-0.4, -0.2) is 74.9 Å². The van der Waals surface area contributed by atoms with Crippen LogP contribution in [0, 0.1) is 12.8 Å². The molecule has 1 aliphatic carbocycles. The number of nitrogens with one attached hydrogen (secondary N) is 1. The molecule has 0 amide bonds. The summed E-state index contributed by atoms with van der Waals surface area (Å²) in [6, 6.07) is 3.75. The highest BCUT2D eigenvalue weighted by molar-refractivity contribution is 5.91. The third-order valence-electron chi connectivity index (χ3n) is 8.53. The van der Waals surface area contributed by atoms with Gasteiger partial charge in [0, 0.05) is 25.2 Å². The zero-order valence-electron chi connectivity index (χ0n) is 24.8. The summed E-state index contributed by atoms with van der Waals surface area (Å²) >= 11 is 0. The second kappa shape index (κ2) is 12.0. The summed E-state index contributed by atoms with van der Waals surface area (Å²) < 4.78 is 20.5. The molecule has 42 heavy (non-hydrogen) atoms. The zero-order valence-corrected chi connectivity index (χ0v) is 24.8. The lowest BCUT2D eigenvalue weighted by molar-refractivity contribution is 0.266. The second-order valence-corrected chi connectivity index (χ2v) is 11.2. The summed E-state index contributed by atoms with van der Waals surface area (Å²) in [7, 11) is 4.77. The Labute approximate surface area is 245 Å². The molecule has 0 bridgehead atoms. The number of anilines is 3. The van der Waals surface area contributed by atoms with E-state index in [1.807, 2.05) is 29.8 Å². The highest BCUT2D eigenvalue weighted by Crippen LogP contribution is 2.40. The van der Waals surface area contributed by atoms with Crippen molar-refractivity contribution < 1.29 is 19.3 Å². The number of ether oxygens (including phenoxy) is 3. The lowest BCUT2D eigenvalue weighted by Gasteiger charge is -2.25. The number of aromatic nitrogens is 6. The van der Waals surface area contributed by atoms with Gasteiger partial charge in [-0.05, 0) is 38.5 Å². The number of methoxy groups -OCH3 is 3. The smallest absolute Gasteiger partial charge is 0.232 e. The van der Waals surface area contributed by atoms with Crippen LogP contribution in [0.4, 0.5) is 17.6 Å². The minimum absolute atomic E-state index is 0.0243. The average Bonchev–Trinajstić information content (AvgIpc) is 3.76. The first-order valence-corrected chi connectivity index (χ1v) is 14.8. The van der Waals surface area contributed by atoms with Gasteiger partial charge < -0.3 is 34.1 Å². The van der Waals surface area contributed by atoms with Crippen LogP contribution in [0.2, 0.25) is 0 Å². The van der Waals surface area contributed by atoms with Gasteiger partial charge in [0.2, 0.25) is 11.7 Å². The van der Waals surface area contributed by atoms with Gasteiger partial charge in [-0.25, -0.2) is 9.67 Å². The molecule has 1 unspecified atom stereocenters. The second-order valence-electron chi connectivity index (χ2n) is 11.2. The minimum Gasteiger partial charge on any atom is -0.493 e. The first kappa shape index (κ1) is 28.1. The quantitative estimate of drug-likeness (QED) is 0.276. The Morgan fingerprint density at radius 1 is 0.976 bits per heavy atom. The van der Waals surface area contributed by atoms with Crippen molar-refractivity contribution in [1.82, 2.24) is 29.3 Å². The minimum atomic E-state index is 0.0243. The molecule has 1 aliphatic heterocycles. The largest absolute Gasteiger partial charge is 0.493 e. The van der Waals surface area contributed by atoms with Gasteiger partial charge in [-0.1, -0.05) is 19.3 Å². The predicted octanol–water partition coefficient (Wildman–Crippen LogP) is 4.63. The highest BCUT2D eigenvalue weighted by Gasteiger charge is 2.30. The van der Waals surface area contributed by atoms with E-state index in [1.165, 1.54) is 32.1 Å². The number of aliphatic hydroxyl groups excluding tert-OH is 1. The molecule has 0 radical (unpaired) electrons. The summed E-state index contributed by atoms with van der Waals surface area (Å²) in [5.74, 6) is 4.08. The number of fused-ring (bicyclic) bond motifs is 1. The van der Waals surface area contributed by atoms with Gasteiger partial charge in [-0.2, -0.15) is 15.1 Å². The number of rotatable bonds is 10. The molecule has 224 valence electrons. The summed E-state index contributed by atoms with van der Waals surface area (Å²) in [4.78, 5) is 16.8. The first-order chi connectivity index (χ1) is 20.5. The molecular weight excluding hydrogens is 536 g/mol. The zero-order chi connectivity index (χ0) is 29.2. The Kier molecular flexibility index (Phi) is 8.05. The van der Waals surface area contributed by atoms with Gasteiger partial charge in [-0.3, -0.25) is 0 Å². The molecule has 1 saturated heterocycles. The average molecular weight is 577 g/mol. The van der Waals surface area contributed by atoms with E-state index in [9.17, 15) is 5.11 Å². The van der Waals surface area contributed by atoms with E-state index in [2.05, 4.69) is 19.9 Å². The summed E-state index contributed by atoms with van der Waals surface area (Å²) in [5, 5.41) is 19.4. The van der Waals surface area contributed by atoms with Crippen LogP contribution in [0.1, 0.15) is 50.6 Å². The van der Waals surface area contributed by atoms with E-state index in [4.69, 9.17) is 29.3 Å². The van der Waals surface area contributed by atoms with Crippen molar-refractivity contribution in [1.29, 1.82) is 0 Å². The van der Waals surface area contributed by atoms with Crippen LogP contribution < -0.4 is 24.4 Å². The van der Waals surface area contributed by atoms with Crippen LogP contribution in [0.15, 0.2) is 24.7 Å². The van der Waals surface area contributed by atoms with Gasteiger partial charge in [0.25, 0.3) is 0 Å². The van der Waals surface area contributed by atoms with Gasteiger partial charge in [0.15, 0.2) is 23.0 Å². The number of aryl methyl sites for hydroxylation is 1. The van der Waals surface area contributed by atoms with Crippen LogP contribution in [0.25, 0.3) is 16.7 Å². The Morgan fingerprint density at radius 3 is 2.43 bits per heavy atom. The number of benzene rings is 1. The van der Waals surface area contributed by atoms with Crippen LogP contribution in [0.5, 0.6) is 17.2 Å². The van der Waals surface area contributed by atoms with Crippen molar-refractivity contribution in [2.24, 2.45) is 5.92 Å². The Balaban J connectivity index is 1.37. The van der Waals surface area contributed by atoms with Gasteiger partial charge in [0.1, 0.15) is 12.1 Å². The molecule has 12 nitrogen and oxygen atoms in total. The topological polar surface area (TPSA) is 125 Å². The lowest BCUT2D eigenvalue weighted by atomic mass is 9.89. The van der Waals surface area contributed by atoms with Crippen molar-refractivity contribution in [3.05, 3.63) is 30.4 Å². The van der Waals surface area contributed by atoms with E-state index in [-0.39, 0.29) is 12.6 Å².